The van der Waals surface area contributed by atoms with Gasteiger partial charge in [-0.25, -0.2) is 9.79 Å². The van der Waals surface area contributed by atoms with E-state index in [2.05, 4.69) is 36.6 Å². The van der Waals surface area contributed by atoms with Gasteiger partial charge in [0.25, 0.3) is 0 Å². The summed E-state index contributed by atoms with van der Waals surface area (Å²) < 4.78 is 10.8. The van der Waals surface area contributed by atoms with Crippen LogP contribution in [0.2, 0.25) is 5.02 Å². The van der Waals surface area contributed by atoms with Gasteiger partial charge in [-0.3, -0.25) is 14.5 Å². The van der Waals surface area contributed by atoms with E-state index in [0.717, 1.165) is 29.4 Å². The number of rotatable bonds is 8. The third kappa shape index (κ3) is 6.23. The molecule has 11 heteroatoms. The minimum absolute atomic E-state index is 0.00534. The SMILES string of the molecule is COC(C1CCCCC1)N1C/C(=C(\N=C(N)c2noc(=O)[nH]2)c2cnc(C)c(Cl)c2)N1CC1CCC(C)CC1. The lowest BCUT2D eigenvalue weighted by Crippen LogP contribution is -2.63. The fraction of sp³-hybridized carbons (Fsp3) is 0.643. The third-order valence-electron chi connectivity index (χ3n) is 8.58. The van der Waals surface area contributed by atoms with Gasteiger partial charge in [0, 0.05) is 31.3 Å². The van der Waals surface area contributed by atoms with Crippen molar-refractivity contribution >= 4 is 23.1 Å². The zero-order valence-electron chi connectivity index (χ0n) is 23.2. The number of aliphatic imine (C=N–C) groups is 1. The van der Waals surface area contributed by atoms with E-state index in [4.69, 9.17) is 27.1 Å². The molecule has 212 valence electrons. The lowest BCUT2D eigenvalue weighted by atomic mass is 9.82. The molecule has 1 atom stereocenters. The first-order valence-corrected chi connectivity index (χ1v) is 14.5. The number of hydrazine groups is 1. The lowest BCUT2D eigenvalue weighted by Gasteiger charge is -2.54. The van der Waals surface area contributed by atoms with Gasteiger partial charge in [-0.15, -0.1) is 0 Å². The van der Waals surface area contributed by atoms with E-state index >= 15 is 0 Å². The number of halogens is 1. The summed E-state index contributed by atoms with van der Waals surface area (Å²) in [5, 5.41) is 9.01. The molecule has 5 rings (SSSR count). The molecule has 1 aliphatic heterocycles. The Morgan fingerprint density at radius 2 is 2.00 bits per heavy atom. The van der Waals surface area contributed by atoms with Gasteiger partial charge in [-0.1, -0.05) is 55.8 Å². The number of pyridine rings is 1. The maximum atomic E-state index is 11.6. The Labute approximate surface area is 234 Å². The van der Waals surface area contributed by atoms with Gasteiger partial charge >= 0.3 is 5.76 Å². The smallest absolute Gasteiger partial charge is 0.380 e. The molecule has 3 aliphatic rings. The van der Waals surface area contributed by atoms with Gasteiger partial charge < -0.3 is 15.5 Å². The molecule has 0 radical (unpaired) electrons. The summed E-state index contributed by atoms with van der Waals surface area (Å²) >= 11 is 6.51. The molecule has 39 heavy (non-hydrogen) atoms. The summed E-state index contributed by atoms with van der Waals surface area (Å²) in [6.45, 7) is 5.76. The Morgan fingerprint density at radius 3 is 2.64 bits per heavy atom. The fourth-order valence-electron chi connectivity index (χ4n) is 6.22. The second kappa shape index (κ2) is 12.2. The van der Waals surface area contributed by atoms with Crippen LogP contribution in [0.1, 0.15) is 81.8 Å². The molecule has 2 aromatic rings. The summed E-state index contributed by atoms with van der Waals surface area (Å²) in [7, 11) is 1.82. The van der Waals surface area contributed by atoms with Crippen LogP contribution in [0.3, 0.4) is 0 Å². The number of aromatic nitrogens is 3. The van der Waals surface area contributed by atoms with E-state index < -0.39 is 5.76 Å². The van der Waals surface area contributed by atoms with Crippen molar-refractivity contribution < 1.29 is 9.26 Å². The third-order valence-corrected chi connectivity index (χ3v) is 8.96. The molecule has 3 N–H and O–H groups in total. The van der Waals surface area contributed by atoms with Gasteiger partial charge in [0.15, 0.2) is 5.84 Å². The van der Waals surface area contributed by atoms with Crippen molar-refractivity contribution in [3.05, 3.63) is 50.6 Å². The number of ether oxygens (including phenoxy) is 1. The molecule has 3 heterocycles. The Bertz CT molecular complexity index is 1260. The van der Waals surface area contributed by atoms with Gasteiger partial charge in [0.2, 0.25) is 5.82 Å². The highest BCUT2D eigenvalue weighted by Gasteiger charge is 2.43. The van der Waals surface area contributed by atoms with Crippen LogP contribution in [0.5, 0.6) is 0 Å². The number of H-pyrrole nitrogens is 1. The van der Waals surface area contributed by atoms with E-state index in [-0.39, 0.29) is 17.9 Å². The van der Waals surface area contributed by atoms with Crippen molar-refractivity contribution in [2.75, 3.05) is 20.2 Å². The van der Waals surface area contributed by atoms with Crippen LogP contribution in [0.4, 0.5) is 0 Å². The Hall–Kier alpha value is -2.69. The fourth-order valence-corrected chi connectivity index (χ4v) is 6.38. The van der Waals surface area contributed by atoms with Gasteiger partial charge in [-0.2, -0.15) is 5.01 Å². The number of nitrogens with zero attached hydrogens (tertiary/aromatic N) is 5. The zero-order chi connectivity index (χ0) is 27.5. The number of hydrogen-bond acceptors (Lipinski definition) is 8. The molecule has 0 aromatic carbocycles. The quantitative estimate of drug-likeness (QED) is 0.353. The molecule has 2 saturated carbocycles. The van der Waals surface area contributed by atoms with Crippen LogP contribution >= 0.6 is 11.6 Å². The summed E-state index contributed by atoms with van der Waals surface area (Å²) in [5.41, 5.74) is 9.50. The summed E-state index contributed by atoms with van der Waals surface area (Å²) in [4.78, 5) is 23.3. The van der Waals surface area contributed by atoms with Gasteiger partial charge in [0.05, 0.1) is 28.7 Å². The van der Waals surface area contributed by atoms with E-state index in [1.807, 2.05) is 20.1 Å². The van der Waals surface area contributed by atoms with Crippen molar-refractivity contribution in [1.29, 1.82) is 0 Å². The van der Waals surface area contributed by atoms with E-state index in [1.54, 1.807) is 6.20 Å². The molecular formula is C28H40ClN7O3. The molecule has 2 aromatic heterocycles. The topological polar surface area (TPSA) is 126 Å². The number of amidine groups is 1. The molecule has 1 saturated heterocycles. The standard InChI is InChI=1S/C28H40ClN7O3/c1-17-9-11-19(12-10-17)15-35-23(16-36(35)27(38-3)20-7-5-4-6-8-20)24(21-13-22(29)18(2)31-14-21)32-25(30)26-33-28(37)39-34-26/h13-14,17,19-20,27H,4-12,15-16H2,1-3H3,(H2,30,32)(H,33,34,37)/b24-23+. The largest absolute Gasteiger partial charge is 0.439 e. The first kappa shape index (κ1) is 27.9. The maximum Gasteiger partial charge on any atom is 0.439 e. The number of aryl methyl sites for hydroxylation is 1. The van der Waals surface area contributed by atoms with Crippen LogP contribution in [-0.4, -0.2) is 57.4 Å². The summed E-state index contributed by atoms with van der Waals surface area (Å²) in [6, 6.07) is 1.87. The van der Waals surface area contributed by atoms with E-state index in [1.165, 1.54) is 57.8 Å². The molecule has 0 spiro atoms. The van der Waals surface area contributed by atoms with Crippen molar-refractivity contribution in [2.45, 2.75) is 77.9 Å². The molecule has 0 bridgehead atoms. The minimum atomic E-state index is -0.684. The van der Waals surface area contributed by atoms with Crippen LogP contribution in [0.15, 0.2) is 32.3 Å². The summed E-state index contributed by atoms with van der Waals surface area (Å²) in [6.07, 6.45) is 12.8. The average Bonchev–Trinajstić information content (AvgIpc) is 3.38. The lowest BCUT2D eigenvalue weighted by molar-refractivity contribution is -0.209. The van der Waals surface area contributed by atoms with Crippen LogP contribution in [0.25, 0.3) is 5.70 Å². The van der Waals surface area contributed by atoms with Crippen LogP contribution < -0.4 is 11.5 Å². The minimum Gasteiger partial charge on any atom is -0.380 e. The first-order chi connectivity index (χ1) is 18.8. The normalized spacial score (nSPS) is 25.4. The number of aromatic amines is 1. The molecule has 10 nitrogen and oxygen atoms in total. The Kier molecular flexibility index (Phi) is 8.73. The van der Waals surface area contributed by atoms with E-state index in [0.29, 0.717) is 29.1 Å². The highest BCUT2D eigenvalue weighted by molar-refractivity contribution is 6.31. The molecule has 0 amide bonds. The van der Waals surface area contributed by atoms with Crippen LogP contribution in [0, 0.1) is 24.7 Å². The average molecular weight is 558 g/mol. The van der Waals surface area contributed by atoms with Crippen molar-refractivity contribution in [1.82, 2.24) is 25.1 Å². The van der Waals surface area contributed by atoms with Crippen molar-refractivity contribution in [3.63, 3.8) is 0 Å². The number of hydrogen-bond donors (Lipinski definition) is 2. The molecule has 1 unspecified atom stereocenters. The predicted molar refractivity (Wildman–Crippen MR) is 151 cm³/mol. The van der Waals surface area contributed by atoms with Crippen LogP contribution in [-0.2, 0) is 4.74 Å². The maximum absolute atomic E-state index is 11.6. The Balaban J connectivity index is 1.55. The second-order valence-corrected chi connectivity index (χ2v) is 11.8. The number of nitrogens with two attached hydrogens (primary N) is 1. The van der Waals surface area contributed by atoms with Gasteiger partial charge in [-0.05, 0) is 50.5 Å². The van der Waals surface area contributed by atoms with E-state index in [9.17, 15) is 4.79 Å². The highest BCUT2D eigenvalue weighted by atomic mass is 35.5. The number of nitrogens with one attached hydrogen (secondary N) is 1. The van der Waals surface area contributed by atoms with Crippen molar-refractivity contribution in [2.24, 2.45) is 28.5 Å². The molecule has 2 aliphatic carbocycles. The van der Waals surface area contributed by atoms with Gasteiger partial charge in [0.1, 0.15) is 6.23 Å². The predicted octanol–water partition coefficient (Wildman–Crippen LogP) is 4.71. The second-order valence-electron chi connectivity index (χ2n) is 11.4. The molecular weight excluding hydrogens is 518 g/mol. The number of methoxy groups -OCH3 is 1. The van der Waals surface area contributed by atoms with Crippen molar-refractivity contribution in [3.8, 4) is 0 Å². The first-order valence-electron chi connectivity index (χ1n) is 14.2. The monoisotopic (exact) mass is 557 g/mol. The summed E-state index contributed by atoms with van der Waals surface area (Å²) in [5.74, 6) is 1.31. The zero-order valence-corrected chi connectivity index (χ0v) is 23.9. The Morgan fingerprint density at radius 1 is 1.26 bits per heavy atom. The molecule has 3 fully saturated rings. The highest BCUT2D eigenvalue weighted by Crippen LogP contribution is 2.40.